The Balaban J connectivity index is 1.78. The number of rotatable bonds is 4. The molecular weight excluding hydrogens is 362 g/mol. The molecule has 4 heteroatoms. The Hall–Kier alpha value is -1.10. The van der Waals surface area contributed by atoms with Crippen LogP contribution in [0.3, 0.4) is 0 Å². The van der Waals surface area contributed by atoms with Gasteiger partial charge in [0.05, 0.1) is 4.60 Å². The molecule has 3 nitrogen and oxygen atoms in total. The number of aromatic nitrogens is 1. The molecule has 2 aromatic rings. The van der Waals surface area contributed by atoms with Crippen molar-refractivity contribution >= 4 is 32.4 Å². The molecule has 1 aromatic heterocycles. The van der Waals surface area contributed by atoms with E-state index in [1.807, 2.05) is 0 Å². The van der Waals surface area contributed by atoms with E-state index in [1.54, 1.807) is 0 Å². The molecule has 0 amide bonds. The van der Waals surface area contributed by atoms with Gasteiger partial charge in [-0.1, -0.05) is 32.1 Å². The molecule has 0 unspecified atom stereocenters. The van der Waals surface area contributed by atoms with Gasteiger partial charge in [-0.25, -0.2) is 0 Å². The highest BCUT2D eigenvalue weighted by molar-refractivity contribution is 9.10. The van der Waals surface area contributed by atoms with Gasteiger partial charge in [-0.15, -0.1) is 0 Å². The van der Waals surface area contributed by atoms with Crippen LogP contribution in [0.2, 0.25) is 0 Å². The van der Waals surface area contributed by atoms with Crippen LogP contribution < -0.4 is 0 Å². The maximum Gasteiger partial charge on any atom is 0.0864 e. The lowest BCUT2D eigenvalue weighted by Gasteiger charge is -2.41. The fourth-order valence-electron chi connectivity index (χ4n) is 4.52. The van der Waals surface area contributed by atoms with Gasteiger partial charge in [-0.3, -0.25) is 4.90 Å². The minimum absolute atomic E-state index is 0.503. The highest BCUT2D eigenvalue weighted by Crippen LogP contribution is 2.43. The van der Waals surface area contributed by atoms with Crippen molar-refractivity contribution in [3.63, 3.8) is 0 Å². The zero-order valence-electron chi connectivity index (χ0n) is 14.8. The van der Waals surface area contributed by atoms with Crippen molar-refractivity contribution in [3.8, 4) is 0 Å². The number of benzene rings is 1. The van der Waals surface area contributed by atoms with Gasteiger partial charge in [-0.05, 0) is 65.3 Å². The van der Waals surface area contributed by atoms with E-state index in [9.17, 15) is 0 Å². The second-order valence-corrected chi connectivity index (χ2v) is 7.97. The smallest absolute Gasteiger partial charge is 0.0864 e. The molecule has 1 aliphatic carbocycles. The van der Waals surface area contributed by atoms with Crippen LogP contribution in [-0.2, 0) is 6.42 Å². The predicted octanol–water partition coefficient (Wildman–Crippen LogP) is 4.14. The molecule has 0 radical (unpaired) electrons. The Morgan fingerprint density at radius 1 is 1.29 bits per heavy atom. The van der Waals surface area contributed by atoms with Gasteiger partial charge < -0.3 is 9.88 Å². The molecule has 1 aromatic carbocycles. The third-order valence-corrected chi connectivity index (χ3v) is 6.48. The zero-order valence-corrected chi connectivity index (χ0v) is 16.4. The lowest BCUT2D eigenvalue weighted by molar-refractivity contribution is 0.198. The summed E-state index contributed by atoms with van der Waals surface area (Å²) in [5, 5.41) is 1.42. The molecule has 128 valence electrons. The van der Waals surface area contributed by atoms with Gasteiger partial charge in [-0.2, -0.15) is 0 Å². The first kappa shape index (κ1) is 16.4. The molecule has 0 fully saturated rings. The first-order valence-corrected chi connectivity index (χ1v) is 9.85. The van der Waals surface area contributed by atoms with E-state index in [4.69, 9.17) is 0 Å². The minimum atomic E-state index is 0.503. The number of fused-ring (bicyclic) bond motifs is 2. The second-order valence-electron chi connectivity index (χ2n) is 7.17. The third kappa shape index (κ3) is 2.56. The van der Waals surface area contributed by atoms with Gasteiger partial charge in [0.1, 0.15) is 0 Å². The molecule has 1 N–H and O–H groups in total. The summed E-state index contributed by atoms with van der Waals surface area (Å²) in [4.78, 5) is 8.61. The summed E-state index contributed by atoms with van der Waals surface area (Å²) in [6.45, 7) is 9.10. The van der Waals surface area contributed by atoms with Crippen LogP contribution in [0.25, 0.3) is 16.5 Å². The second kappa shape index (κ2) is 6.32. The van der Waals surface area contributed by atoms with Crippen LogP contribution in [-0.4, -0.2) is 54.1 Å². The monoisotopic (exact) mass is 387 g/mol. The van der Waals surface area contributed by atoms with Crippen LogP contribution >= 0.6 is 15.9 Å². The van der Waals surface area contributed by atoms with Crippen molar-refractivity contribution in [1.82, 2.24) is 14.8 Å². The van der Waals surface area contributed by atoms with E-state index >= 15 is 0 Å². The van der Waals surface area contributed by atoms with E-state index in [0.29, 0.717) is 12.0 Å². The van der Waals surface area contributed by atoms with Crippen LogP contribution in [0.4, 0.5) is 0 Å². The summed E-state index contributed by atoms with van der Waals surface area (Å²) in [5.74, 6) is 0.611. The number of hydrogen-bond acceptors (Lipinski definition) is 2. The van der Waals surface area contributed by atoms with E-state index in [2.05, 4.69) is 75.9 Å². The highest BCUT2D eigenvalue weighted by Gasteiger charge is 2.34. The van der Waals surface area contributed by atoms with E-state index < -0.39 is 0 Å². The fraction of sp³-hybridized carbons (Fsp3) is 0.500. The molecule has 2 aliphatic rings. The van der Waals surface area contributed by atoms with Crippen molar-refractivity contribution < 1.29 is 0 Å². The SMILES string of the molecule is CCN(CC)C[C@H]1C=C2c3cccc4[nH]c(Br)c(c34)C[C@@H]2N(C)C1. The Kier molecular flexibility index (Phi) is 4.31. The summed E-state index contributed by atoms with van der Waals surface area (Å²) in [7, 11) is 2.29. The molecule has 0 spiro atoms. The number of nitrogens with zero attached hydrogens (tertiary/aromatic N) is 2. The summed E-state index contributed by atoms with van der Waals surface area (Å²) < 4.78 is 1.16. The van der Waals surface area contributed by atoms with E-state index in [-0.39, 0.29) is 0 Å². The maximum absolute atomic E-state index is 3.74. The standard InChI is InChI=1S/C20H26BrN3/c1-4-24(5-2)12-13-9-15-14-7-6-8-17-19(14)16(20(21)22-17)10-18(15)23(3)11-13/h6-9,13,18,22H,4-5,10-12H2,1-3H3/t13-,18-/m0/s1. The number of hydrogen-bond donors (Lipinski definition) is 1. The Morgan fingerprint density at radius 3 is 2.83 bits per heavy atom. The predicted molar refractivity (Wildman–Crippen MR) is 105 cm³/mol. The van der Waals surface area contributed by atoms with Crippen molar-refractivity contribution in [2.75, 3.05) is 33.2 Å². The third-order valence-electron chi connectivity index (χ3n) is 5.80. The molecule has 2 heterocycles. The topological polar surface area (TPSA) is 22.3 Å². The van der Waals surface area contributed by atoms with Crippen LogP contribution in [0.1, 0.15) is 25.0 Å². The summed E-state index contributed by atoms with van der Waals surface area (Å²) >= 11 is 3.74. The average Bonchev–Trinajstić information content (AvgIpc) is 2.91. The minimum Gasteiger partial charge on any atom is -0.349 e. The van der Waals surface area contributed by atoms with Gasteiger partial charge >= 0.3 is 0 Å². The van der Waals surface area contributed by atoms with Crippen molar-refractivity contribution in [3.05, 3.63) is 40.0 Å². The molecule has 0 bridgehead atoms. The van der Waals surface area contributed by atoms with Gasteiger partial charge in [0.15, 0.2) is 0 Å². The van der Waals surface area contributed by atoms with Crippen molar-refractivity contribution in [2.24, 2.45) is 5.92 Å². The number of aromatic amines is 1. The zero-order chi connectivity index (χ0) is 16.8. The van der Waals surface area contributed by atoms with Gasteiger partial charge in [0.25, 0.3) is 0 Å². The number of likely N-dealkylation sites (N-methyl/N-ethyl adjacent to an activating group) is 1. The maximum atomic E-state index is 3.74. The summed E-state index contributed by atoms with van der Waals surface area (Å²) in [6, 6.07) is 7.18. The molecule has 0 saturated heterocycles. The van der Waals surface area contributed by atoms with E-state index in [0.717, 1.165) is 37.2 Å². The molecular formula is C20H26BrN3. The average molecular weight is 388 g/mol. The largest absolute Gasteiger partial charge is 0.349 e. The molecule has 24 heavy (non-hydrogen) atoms. The first-order valence-electron chi connectivity index (χ1n) is 9.06. The Labute approximate surface area is 152 Å². The summed E-state index contributed by atoms with van der Waals surface area (Å²) in [5.41, 5.74) is 5.65. The normalized spacial score (nSPS) is 23.6. The van der Waals surface area contributed by atoms with Crippen LogP contribution in [0.5, 0.6) is 0 Å². The highest BCUT2D eigenvalue weighted by atomic mass is 79.9. The summed E-state index contributed by atoms with van der Waals surface area (Å²) in [6.07, 6.45) is 3.67. The number of H-pyrrole nitrogens is 1. The lowest BCUT2D eigenvalue weighted by Crippen LogP contribution is -2.45. The van der Waals surface area contributed by atoms with E-state index in [1.165, 1.54) is 27.6 Å². The first-order chi connectivity index (χ1) is 11.6. The van der Waals surface area contributed by atoms with Crippen LogP contribution in [0.15, 0.2) is 28.9 Å². The lowest BCUT2D eigenvalue weighted by atomic mass is 9.80. The fourth-order valence-corrected chi connectivity index (χ4v) is 5.10. The van der Waals surface area contributed by atoms with Gasteiger partial charge in [0, 0.05) is 36.0 Å². The van der Waals surface area contributed by atoms with Crippen LogP contribution in [0, 0.1) is 5.92 Å². The Morgan fingerprint density at radius 2 is 2.08 bits per heavy atom. The molecule has 1 aliphatic heterocycles. The Bertz CT molecular complexity index is 788. The number of halogens is 1. The van der Waals surface area contributed by atoms with Crippen molar-refractivity contribution in [1.29, 1.82) is 0 Å². The quantitative estimate of drug-likeness (QED) is 0.851. The number of nitrogens with one attached hydrogen (secondary N) is 1. The van der Waals surface area contributed by atoms with Gasteiger partial charge in [0.2, 0.25) is 0 Å². The molecule has 0 saturated carbocycles. The van der Waals surface area contributed by atoms with Crippen molar-refractivity contribution in [2.45, 2.75) is 26.3 Å². The molecule has 2 atom stereocenters. The molecule has 4 rings (SSSR count).